The smallest absolute Gasteiger partial charge is 0.220 e. The van der Waals surface area contributed by atoms with Crippen molar-refractivity contribution in [2.75, 3.05) is 26.4 Å². The van der Waals surface area contributed by atoms with Crippen LogP contribution in [0.15, 0.2) is 72.9 Å². The van der Waals surface area contributed by atoms with E-state index < -0.39 is 124 Å². The molecule has 3 fully saturated rings. The first-order valence-corrected chi connectivity index (χ1v) is 38.2. The number of allylic oxidation sites excluding steroid dienone is 11. The summed E-state index contributed by atoms with van der Waals surface area (Å²) in [6.45, 7) is 1.65. The number of hydrogen-bond acceptors (Lipinski definition) is 18. The normalized spacial score (nSPS) is 27.4. The summed E-state index contributed by atoms with van der Waals surface area (Å²) in [5.74, 6) is -0.279. The molecule has 0 saturated carbocycles. The lowest BCUT2D eigenvalue weighted by atomic mass is 9.96. The van der Waals surface area contributed by atoms with Gasteiger partial charge in [0.25, 0.3) is 0 Å². The number of aliphatic hydroxyl groups excluding tert-OH is 11. The molecule has 3 aliphatic heterocycles. The van der Waals surface area contributed by atoms with Crippen LogP contribution in [0.2, 0.25) is 0 Å². The van der Waals surface area contributed by atoms with E-state index in [0.29, 0.717) is 6.42 Å². The summed E-state index contributed by atoms with van der Waals surface area (Å²) in [6, 6.07) is -0.980. The highest BCUT2D eigenvalue weighted by atomic mass is 16.8. The fourth-order valence-electron chi connectivity index (χ4n) is 12.6. The van der Waals surface area contributed by atoms with Crippen LogP contribution in [0.25, 0.3) is 0 Å². The van der Waals surface area contributed by atoms with Gasteiger partial charge in [0, 0.05) is 6.42 Å². The van der Waals surface area contributed by atoms with Crippen LogP contribution in [0.4, 0.5) is 0 Å². The maximum atomic E-state index is 13.5. The van der Waals surface area contributed by atoms with Crippen LogP contribution >= 0.6 is 0 Å². The zero-order valence-corrected chi connectivity index (χ0v) is 59.3. The van der Waals surface area contributed by atoms with Gasteiger partial charge in [-0.2, -0.15) is 0 Å². The number of unbranched alkanes of at least 4 members (excludes halogenated alkanes) is 33. The van der Waals surface area contributed by atoms with Gasteiger partial charge in [-0.15, -0.1) is 0 Å². The lowest BCUT2D eigenvalue weighted by Gasteiger charge is -2.48. The largest absolute Gasteiger partial charge is 0.394 e. The number of ether oxygens (including phenoxy) is 6. The third-order valence-electron chi connectivity index (χ3n) is 18.8. The van der Waals surface area contributed by atoms with Crippen molar-refractivity contribution in [3.8, 4) is 0 Å². The SMILES string of the molecule is CC/C=C\C/C=C\C/C=C\C/C=C\C/C=C\CCCCCCCCCCCCCC(=O)NC(COC1OC(CO)C(OC2OC(CO)C(OC3OC(CO)C(O)C(O)C3O)C(O)C2O)C(O)C1O)C(O)/C=C/CCCCCCCCCCCCCCCCCCCCCCCC. The van der Waals surface area contributed by atoms with Gasteiger partial charge in [0.1, 0.15) is 73.2 Å². The Balaban J connectivity index is 1.41. The summed E-state index contributed by atoms with van der Waals surface area (Å²) in [5.41, 5.74) is 0. The molecule has 3 heterocycles. The minimum Gasteiger partial charge on any atom is -0.394 e. The van der Waals surface area contributed by atoms with E-state index in [-0.39, 0.29) is 18.9 Å². The predicted molar refractivity (Wildman–Crippen MR) is 378 cm³/mol. The molecule has 0 aliphatic carbocycles. The van der Waals surface area contributed by atoms with Crippen molar-refractivity contribution < 1.29 is 89.4 Å². The molecule has 17 atom stereocenters. The van der Waals surface area contributed by atoms with Crippen molar-refractivity contribution in [3.05, 3.63) is 72.9 Å². The van der Waals surface area contributed by atoms with Gasteiger partial charge in [-0.25, -0.2) is 0 Å². The summed E-state index contributed by atoms with van der Waals surface area (Å²) < 4.78 is 34.4. The van der Waals surface area contributed by atoms with Crippen LogP contribution in [0.5, 0.6) is 0 Å². The lowest BCUT2D eigenvalue weighted by molar-refractivity contribution is -0.379. The van der Waals surface area contributed by atoms with Gasteiger partial charge in [0.05, 0.1) is 38.6 Å². The number of hydrogen-bond donors (Lipinski definition) is 12. The van der Waals surface area contributed by atoms with E-state index in [4.69, 9.17) is 28.4 Å². The Morgan fingerprint density at radius 1 is 0.385 bits per heavy atom. The van der Waals surface area contributed by atoms with E-state index in [1.54, 1.807) is 6.08 Å². The first kappa shape index (κ1) is 87.4. The van der Waals surface area contributed by atoms with E-state index >= 15 is 0 Å². The molecule has 558 valence electrons. The Bertz CT molecular complexity index is 2020. The average Bonchev–Trinajstić information content (AvgIpc) is 1.09. The Labute approximate surface area is 578 Å². The summed E-state index contributed by atoms with van der Waals surface area (Å²) in [4.78, 5) is 13.5. The quantitative estimate of drug-likeness (QED) is 0.0199. The highest BCUT2D eigenvalue weighted by Crippen LogP contribution is 2.33. The molecule has 3 saturated heterocycles. The van der Waals surface area contributed by atoms with Crippen LogP contribution in [-0.2, 0) is 33.2 Å². The Hall–Kier alpha value is -2.77. The van der Waals surface area contributed by atoms with Gasteiger partial charge in [0.15, 0.2) is 18.9 Å². The van der Waals surface area contributed by atoms with E-state index in [0.717, 1.165) is 89.9 Å². The Morgan fingerprint density at radius 3 is 1.12 bits per heavy atom. The second-order valence-corrected chi connectivity index (χ2v) is 27.1. The Morgan fingerprint density at radius 2 is 0.719 bits per heavy atom. The first-order valence-electron chi connectivity index (χ1n) is 38.2. The molecule has 0 aromatic carbocycles. The fourth-order valence-corrected chi connectivity index (χ4v) is 12.6. The predicted octanol–water partition coefficient (Wildman–Crippen LogP) is 11.7. The maximum absolute atomic E-state index is 13.5. The molecule has 19 nitrogen and oxygen atoms in total. The van der Waals surface area contributed by atoms with Gasteiger partial charge < -0.3 is 89.9 Å². The van der Waals surface area contributed by atoms with E-state index in [2.05, 4.69) is 79.9 Å². The molecule has 12 N–H and O–H groups in total. The van der Waals surface area contributed by atoms with Crippen LogP contribution in [0, 0.1) is 0 Å². The first-order chi connectivity index (χ1) is 46.8. The molecule has 0 bridgehead atoms. The number of rotatable bonds is 59. The van der Waals surface area contributed by atoms with Crippen LogP contribution in [-0.4, -0.2) is 193 Å². The fraction of sp³-hybridized carbons (Fsp3) is 0.831. The number of aliphatic hydroxyl groups is 11. The molecule has 0 spiro atoms. The number of carbonyl (C=O) groups excluding carboxylic acids is 1. The van der Waals surface area contributed by atoms with E-state index in [1.807, 2.05) is 6.08 Å². The van der Waals surface area contributed by atoms with Gasteiger partial charge in [0.2, 0.25) is 5.91 Å². The molecule has 3 rings (SSSR count). The number of amides is 1. The van der Waals surface area contributed by atoms with Crippen LogP contribution in [0.3, 0.4) is 0 Å². The van der Waals surface area contributed by atoms with Gasteiger partial charge in [-0.3, -0.25) is 4.79 Å². The number of carbonyl (C=O) groups is 1. The minimum absolute atomic E-state index is 0.237. The van der Waals surface area contributed by atoms with Crippen LogP contribution < -0.4 is 5.32 Å². The van der Waals surface area contributed by atoms with E-state index in [9.17, 15) is 61.0 Å². The Kier molecular flexibility index (Phi) is 52.7. The molecule has 0 aromatic heterocycles. The standard InChI is InChI=1S/C77H137NO18/c1-3-5-7-9-11-13-15-17-19-21-23-25-27-29-30-31-33-35-37-39-41-43-45-47-49-51-53-55-65(83)78-60(61(82)54-52-50-48-46-44-42-40-38-36-34-32-28-26-24-22-20-18-16-14-12-10-8-6-4-2)59-91-75-71(89)68(86)73(63(57-80)93-75)96-77-72(90)69(87)74(64(58-81)94-77)95-76-70(88)67(85)66(84)62(56-79)92-76/h5,7,11,13,17,19,23,25,29-30,52,54,60-64,66-77,79-82,84-90H,3-4,6,8-10,12,14-16,18,20-22,24,26-28,31-51,53,55-59H2,1-2H3,(H,78,83)/b7-5-,13-11-,19-17-,25-23-,30-29-,54-52+. The van der Waals surface area contributed by atoms with Crippen molar-refractivity contribution in [2.24, 2.45) is 0 Å². The minimum atomic E-state index is -1.98. The average molecular weight is 1360 g/mol. The van der Waals surface area contributed by atoms with Gasteiger partial charge in [-0.1, -0.05) is 279 Å². The highest BCUT2D eigenvalue weighted by Gasteiger charge is 2.53. The molecular weight excluding hydrogens is 1230 g/mol. The maximum Gasteiger partial charge on any atom is 0.220 e. The highest BCUT2D eigenvalue weighted by molar-refractivity contribution is 5.76. The van der Waals surface area contributed by atoms with Gasteiger partial charge in [-0.05, 0) is 64.2 Å². The zero-order valence-electron chi connectivity index (χ0n) is 59.3. The number of nitrogens with one attached hydrogen (secondary N) is 1. The third kappa shape index (κ3) is 38.3. The second-order valence-electron chi connectivity index (χ2n) is 27.1. The van der Waals surface area contributed by atoms with Gasteiger partial charge >= 0.3 is 0 Å². The molecule has 17 unspecified atom stereocenters. The summed E-state index contributed by atoms with van der Waals surface area (Å²) in [6.07, 6.45) is 47.3. The zero-order chi connectivity index (χ0) is 69.6. The molecule has 96 heavy (non-hydrogen) atoms. The van der Waals surface area contributed by atoms with Crippen LogP contribution in [0.1, 0.15) is 277 Å². The summed E-state index contributed by atoms with van der Waals surface area (Å²) >= 11 is 0. The summed E-state index contributed by atoms with van der Waals surface area (Å²) in [7, 11) is 0. The lowest BCUT2D eigenvalue weighted by Crippen LogP contribution is -2.66. The molecule has 19 heteroatoms. The van der Waals surface area contributed by atoms with Crippen molar-refractivity contribution >= 4 is 5.91 Å². The van der Waals surface area contributed by atoms with Crippen molar-refractivity contribution in [3.63, 3.8) is 0 Å². The molecule has 0 radical (unpaired) electrons. The topological polar surface area (TPSA) is 307 Å². The summed E-state index contributed by atoms with van der Waals surface area (Å²) in [5, 5.41) is 121. The molecule has 1 amide bonds. The van der Waals surface area contributed by atoms with E-state index in [1.165, 1.54) is 161 Å². The van der Waals surface area contributed by atoms with Crippen molar-refractivity contribution in [2.45, 2.75) is 381 Å². The molecular formula is C77H137NO18. The monoisotopic (exact) mass is 1360 g/mol. The third-order valence-corrected chi connectivity index (χ3v) is 18.8. The van der Waals surface area contributed by atoms with Crippen molar-refractivity contribution in [1.82, 2.24) is 5.32 Å². The molecule has 3 aliphatic rings. The van der Waals surface area contributed by atoms with Crippen molar-refractivity contribution in [1.29, 1.82) is 0 Å². The second kappa shape index (κ2) is 57.8. The molecule has 0 aromatic rings.